The van der Waals surface area contributed by atoms with Gasteiger partial charge in [-0.15, -0.1) is 0 Å². The maximum absolute atomic E-state index is 11.3. The third kappa shape index (κ3) is 1.75. The van der Waals surface area contributed by atoms with Crippen molar-refractivity contribution in [2.45, 2.75) is 6.92 Å². The van der Waals surface area contributed by atoms with E-state index in [9.17, 15) is 9.90 Å². The number of aryl methyl sites for hydroxylation is 2. The summed E-state index contributed by atoms with van der Waals surface area (Å²) in [5.41, 5.74) is 2.79. The van der Waals surface area contributed by atoms with E-state index in [1.807, 2.05) is 6.92 Å². The fourth-order valence-corrected chi connectivity index (χ4v) is 1.93. The van der Waals surface area contributed by atoms with Gasteiger partial charge < -0.3 is 5.11 Å². The molecule has 7 heteroatoms. The molecule has 96 valence electrons. The van der Waals surface area contributed by atoms with Gasteiger partial charge in [0, 0.05) is 24.4 Å². The van der Waals surface area contributed by atoms with Crippen molar-refractivity contribution in [3.63, 3.8) is 0 Å². The second-order valence-corrected chi connectivity index (χ2v) is 4.30. The summed E-state index contributed by atoms with van der Waals surface area (Å²) < 4.78 is 2.97. The van der Waals surface area contributed by atoms with Crippen LogP contribution < -0.4 is 0 Å². The van der Waals surface area contributed by atoms with Gasteiger partial charge in [-0.05, 0) is 13.0 Å². The van der Waals surface area contributed by atoms with E-state index < -0.39 is 5.97 Å². The monoisotopic (exact) mass is 257 g/mol. The molecule has 0 unspecified atom stereocenters. The van der Waals surface area contributed by atoms with E-state index in [0.717, 1.165) is 11.1 Å². The van der Waals surface area contributed by atoms with Gasteiger partial charge in [-0.25, -0.2) is 14.3 Å². The molecular formula is C12H11N5O2. The summed E-state index contributed by atoms with van der Waals surface area (Å²) >= 11 is 0. The van der Waals surface area contributed by atoms with Gasteiger partial charge >= 0.3 is 5.97 Å². The van der Waals surface area contributed by atoms with Crippen molar-refractivity contribution in [1.29, 1.82) is 0 Å². The van der Waals surface area contributed by atoms with Crippen LogP contribution in [0, 0.1) is 6.92 Å². The van der Waals surface area contributed by atoms with Gasteiger partial charge in [0.15, 0.2) is 11.3 Å². The van der Waals surface area contributed by atoms with Gasteiger partial charge in [0.25, 0.3) is 0 Å². The Kier molecular flexibility index (Phi) is 2.34. The fourth-order valence-electron chi connectivity index (χ4n) is 1.93. The summed E-state index contributed by atoms with van der Waals surface area (Å²) in [6, 6.07) is 1.50. The van der Waals surface area contributed by atoms with Crippen LogP contribution in [0.1, 0.15) is 16.1 Å². The number of carboxylic acids is 1. The molecule has 0 aliphatic heterocycles. The minimum absolute atomic E-state index is 0.0805. The number of fused-ring (bicyclic) bond motifs is 1. The molecule has 0 saturated carbocycles. The third-order valence-corrected chi connectivity index (χ3v) is 2.87. The van der Waals surface area contributed by atoms with Crippen LogP contribution in [-0.4, -0.2) is 35.5 Å². The summed E-state index contributed by atoms with van der Waals surface area (Å²) in [6.45, 7) is 1.84. The largest absolute Gasteiger partial charge is 0.477 e. The average molecular weight is 257 g/mol. The van der Waals surface area contributed by atoms with Crippen molar-refractivity contribution in [2.24, 2.45) is 7.05 Å². The van der Waals surface area contributed by atoms with Crippen LogP contribution in [0.4, 0.5) is 0 Å². The molecule has 3 aromatic heterocycles. The summed E-state index contributed by atoms with van der Waals surface area (Å²) in [7, 11) is 1.80. The van der Waals surface area contributed by atoms with Gasteiger partial charge in [0.2, 0.25) is 0 Å². The van der Waals surface area contributed by atoms with Crippen LogP contribution >= 0.6 is 0 Å². The second kappa shape index (κ2) is 3.91. The first kappa shape index (κ1) is 11.4. The smallest absolute Gasteiger partial charge is 0.354 e. The number of hydrogen-bond donors (Lipinski definition) is 1. The molecule has 0 atom stereocenters. The SMILES string of the molecule is Cc1cnn2c(C(=O)O)cc(-c3cnn(C)c3)nc12. The molecule has 0 fully saturated rings. The predicted molar refractivity (Wildman–Crippen MR) is 66.9 cm³/mol. The average Bonchev–Trinajstić information content (AvgIpc) is 2.95. The zero-order chi connectivity index (χ0) is 13.6. The van der Waals surface area contributed by atoms with Crippen LogP contribution in [0.5, 0.6) is 0 Å². The van der Waals surface area contributed by atoms with E-state index in [2.05, 4.69) is 15.2 Å². The Bertz CT molecular complexity index is 787. The lowest BCUT2D eigenvalue weighted by molar-refractivity contribution is 0.0687. The first-order valence-corrected chi connectivity index (χ1v) is 5.64. The number of aromatic nitrogens is 5. The summed E-state index contributed by atoms with van der Waals surface area (Å²) in [4.78, 5) is 15.7. The fraction of sp³-hybridized carbons (Fsp3) is 0.167. The molecule has 3 heterocycles. The molecule has 0 bridgehead atoms. The molecule has 0 radical (unpaired) electrons. The van der Waals surface area contributed by atoms with Crippen LogP contribution in [0.3, 0.4) is 0 Å². The topological polar surface area (TPSA) is 85.3 Å². The highest BCUT2D eigenvalue weighted by Gasteiger charge is 2.15. The molecular weight excluding hydrogens is 246 g/mol. The summed E-state index contributed by atoms with van der Waals surface area (Å²) in [6.07, 6.45) is 5.04. The normalized spacial score (nSPS) is 11.1. The quantitative estimate of drug-likeness (QED) is 0.744. The number of hydrogen-bond acceptors (Lipinski definition) is 4. The highest BCUT2D eigenvalue weighted by atomic mass is 16.4. The van der Waals surface area contributed by atoms with Gasteiger partial charge in [-0.1, -0.05) is 0 Å². The van der Waals surface area contributed by atoms with Gasteiger partial charge in [-0.2, -0.15) is 10.2 Å². The van der Waals surface area contributed by atoms with E-state index in [0.29, 0.717) is 11.3 Å². The Labute approximate surface area is 108 Å². The zero-order valence-corrected chi connectivity index (χ0v) is 10.4. The Morgan fingerprint density at radius 3 is 2.74 bits per heavy atom. The molecule has 19 heavy (non-hydrogen) atoms. The molecule has 7 nitrogen and oxygen atoms in total. The van der Waals surface area contributed by atoms with Crippen molar-refractivity contribution in [2.75, 3.05) is 0 Å². The maximum Gasteiger partial charge on any atom is 0.354 e. The highest BCUT2D eigenvalue weighted by molar-refractivity contribution is 5.88. The summed E-state index contributed by atoms with van der Waals surface area (Å²) in [5, 5.41) is 17.4. The molecule has 0 spiro atoms. The highest BCUT2D eigenvalue weighted by Crippen LogP contribution is 2.20. The van der Waals surface area contributed by atoms with Crippen LogP contribution in [0.2, 0.25) is 0 Å². The minimum atomic E-state index is -1.04. The predicted octanol–water partition coefficient (Wildman–Crippen LogP) is 1.14. The Morgan fingerprint density at radius 2 is 2.11 bits per heavy atom. The molecule has 3 aromatic rings. The van der Waals surface area contributed by atoms with Crippen molar-refractivity contribution < 1.29 is 9.90 Å². The molecule has 0 amide bonds. The molecule has 3 rings (SSSR count). The number of rotatable bonds is 2. The number of carbonyl (C=O) groups is 1. The van der Waals surface area contributed by atoms with E-state index in [-0.39, 0.29) is 5.69 Å². The summed E-state index contributed by atoms with van der Waals surface area (Å²) in [5.74, 6) is -1.04. The Balaban J connectivity index is 2.32. The van der Waals surface area contributed by atoms with E-state index in [1.54, 1.807) is 30.3 Å². The lowest BCUT2D eigenvalue weighted by atomic mass is 10.2. The molecule has 0 aliphatic rings. The van der Waals surface area contributed by atoms with Gasteiger partial charge in [-0.3, -0.25) is 4.68 Å². The van der Waals surface area contributed by atoms with Crippen molar-refractivity contribution in [3.05, 3.63) is 35.9 Å². The maximum atomic E-state index is 11.3. The van der Waals surface area contributed by atoms with Gasteiger partial charge in [0.1, 0.15) is 0 Å². The van der Waals surface area contributed by atoms with Crippen LogP contribution in [-0.2, 0) is 7.05 Å². The molecule has 0 aromatic carbocycles. The Morgan fingerprint density at radius 1 is 1.32 bits per heavy atom. The second-order valence-electron chi connectivity index (χ2n) is 4.30. The van der Waals surface area contributed by atoms with Gasteiger partial charge in [0.05, 0.1) is 18.1 Å². The molecule has 0 saturated heterocycles. The Hall–Kier alpha value is -2.70. The van der Waals surface area contributed by atoms with E-state index in [1.165, 1.54) is 10.6 Å². The molecule has 0 aliphatic carbocycles. The van der Waals surface area contributed by atoms with E-state index in [4.69, 9.17) is 0 Å². The molecule has 1 N–H and O–H groups in total. The third-order valence-electron chi connectivity index (χ3n) is 2.87. The standard InChI is InChI=1S/C12H11N5O2/c1-7-4-14-17-10(12(18)19)3-9(15-11(7)17)8-5-13-16(2)6-8/h3-6H,1-2H3,(H,18,19). The minimum Gasteiger partial charge on any atom is -0.477 e. The van der Waals surface area contributed by atoms with Crippen molar-refractivity contribution in [1.82, 2.24) is 24.4 Å². The van der Waals surface area contributed by atoms with E-state index >= 15 is 0 Å². The number of nitrogens with zero attached hydrogens (tertiary/aromatic N) is 5. The van der Waals surface area contributed by atoms with Crippen molar-refractivity contribution in [3.8, 4) is 11.3 Å². The number of aromatic carboxylic acids is 1. The lowest BCUT2D eigenvalue weighted by Gasteiger charge is -2.03. The van der Waals surface area contributed by atoms with Crippen molar-refractivity contribution >= 4 is 11.6 Å². The first-order chi connectivity index (χ1) is 9.06. The number of carboxylic acid groups (broad SMARTS) is 1. The first-order valence-electron chi connectivity index (χ1n) is 5.64. The lowest BCUT2D eigenvalue weighted by Crippen LogP contribution is -2.08. The van der Waals surface area contributed by atoms with Crippen LogP contribution in [0.15, 0.2) is 24.7 Å². The zero-order valence-electron chi connectivity index (χ0n) is 10.4. The van der Waals surface area contributed by atoms with Crippen LogP contribution in [0.25, 0.3) is 16.9 Å².